The zero-order valence-corrected chi connectivity index (χ0v) is 27.2. The van der Waals surface area contributed by atoms with Gasteiger partial charge in [-0.2, -0.15) is 0 Å². The van der Waals surface area contributed by atoms with Crippen LogP contribution < -0.4 is 0 Å². The van der Waals surface area contributed by atoms with Gasteiger partial charge in [0.25, 0.3) is 0 Å². The number of hydrogen-bond donors (Lipinski definition) is 2. The zero-order chi connectivity index (χ0) is 31.6. The van der Waals surface area contributed by atoms with Crippen LogP contribution in [0.2, 0.25) is 5.02 Å². The summed E-state index contributed by atoms with van der Waals surface area (Å²) in [5.74, 6) is -0.248. The number of aryl methyl sites for hydroxylation is 2. The van der Waals surface area contributed by atoms with E-state index in [4.69, 9.17) is 26.4 Å². The quantitative estimate of drug-likeness (QED) is 0.179. The average molecular weight is 627 g/mol. The Labute approximate surface area is 266 Å². The summed E-state index contributed by atoms with van der Waals surface area (Å²) in [7, 11) is 0. The van der Waals surface area contributed by atoms with Crippen molar-refractivity contribution in [2.24, 2.45) is 0 Å². The second-order valence-corrected chi connectivity index (χ2v) is 13.1. The summed E-state index contributed by atoms with van der Waals surface area (Å²) in [6.07, 6.45) is 3.83. The highest BCUT2D eigenvalue weighted by molar-refractivity contribution is 7.22. The lowest BCUT2D eigenvalue weighted by molar-refractivity contribution is -0.142. The first-order chi connectivity index (χ1) is 20.9. The number of hydrogen-bond acceptors (Lipinski definition) is 7. The molecule has 0 bridgehead atoms. The maximum absolute atomic E-state index is 12.6. The monoisotopic (exact) mass is 626 g/mol. The number of carbonyl (C=O) groups excluding carboxylic acids is 1. The third-order valence-electron chi connectivity index (χ3n) is 6.68. The van der Waals surface area contributed by atoms with Gasteiger partial charge in [-0.15, -0.1) is 11.3 Å². The highest BCUT2D eigenvalue weighted by atomic mass is 35.5. The number of aromatic amines is 1. The number of halogens is 1. The van der Waals surface area contributed by atoms with Crippen LogP contribution in [0.5, 0.6) is 0 Å². The number of esters is 1. The van der Waals surface area contributed by atoms with Crippen molar-refractivity contribution in [2.45, 2.75) is 53.6 Å². The molecular formula is C35H35ClN4O3S. The van der Waals surface area contributed by atoms with Gasteiger partial charge >= 0.3 is 5.97 Å². The number of nitrogens with one attached hydrogen (secondary N) is 1. The van der Waals surface area contributed by atoms with Gasteiger partial charge < -0.3 is 14.8 Å². The summed E-state index contributed by atoms with van der Waals surface area (Å²) in [5, 5.41) is 11.1. The zero-order valence-electron chi connectivity index (χ0n) is 25.7. The molecule has 0 fully saturated rings. The number of rotatable bonds is 6. The Balaban J connectivity index is 0.000000712. The Hall–Kier alpha value is -4.11. The van der Waals surface area contributed by atoms with E-state index in [-0.39, 0.29) is 12.4 Å². The number of nitrogens with zero attached hydrogens (tertiary/aromatic N) is 3. The lowest BCUT2D eigenvalue weighted by atomic mass is 9.93. The standard InChI is InChI=1S/C31H25ClN4O2S.C4H10O/c1-4-38-27(37)15-24-17(2)11-26-29(28(24)19-5-7-23(32)8-6-19)39-31(36-26)20-9-10-33-25(14-20)22-13-21-12-18(3)35-30(21)34-16-22;1-4(2,3)5/h5-14,16H,4,15H2,1-3H3,(H,34,35);5H,1-3H3. The summed E-state index contributed by atoms with van der Waals surface area (Å²) in [6, 6.07) is 18.0. The molecular weight excluding hydrogens is 592 g/mol. The molecule has 9 heteroatoms. The van der Waals surface area contributed by atoms with E-state index in [1.165, 1.54) is 0 Å². The Morgan fingerprint density at radius 1 is 1.00 bits per heavy atom. The lowest BCUT2D eigenvalue weighted by Gasteiger charge is -2.14. The highest BCUT2D eigenvalue weighted by Crippen LogP contribution is 2.41. The summed E-state index contributed by atoms with van der Waals surface area (Å²) < 4.78 is 6.31. The Kier molecular flexibility index (Phi) is 9.15. The van der Waals surface area contributed by atoms with Crippen molar-refractivity contribution in [3.63, 3.8) is 0 Å². The first-order valence-electron chi connectivity index (χ1n) is 14.4. The fraction of sp³-hybridized carbons (Fsp3) is 0.257. The van der Waals surface area contributed by atoms with Gasteiger partial charge in [-0.25, -0.2) is 9.97 Å². The summed E-state index contributed by atoms with van der Waals surface area (Å²) in [5.41, 5.74) is 8.97. The van der Waals surface area contributed by atoms with E-state index in [0.29, 0.717) is 11.6 Å². The minimum Gasteiger partial charge on any atom is -0.466 e. The van der Waals surface area contributed by atoms with E-state index in [0.717, 1.165) is 71.0 Å². The van der Waals surface area contributed by atoms with Crippen molar-refractivity contribution in [1.82, 2.24) is 19.9 Å². The van der Waals surface area contributed by atoms with E-state index >= 15 is 0 Å². The molecule has 4 heterocycles. The predicted octanol–water partition coefficient (Wildman–Crippen LogP) is 8.72. The second-order valence-electron chi connectivity index (χ2n) is 11.6. The number of thiazole rings is 1. The third-order valence-corrected chi connectivity index (χ3v) is 8.07. The van der Waals surface area contributed by atoms with E-state index in [9.17, 15) is 4.79 Å². The summed E-state index contributed by atoms with van der Waals surface area (Å²) in [6.45, 7) is 11.4. The molecule has 226 valence electrons. The second kappa shape index (κ2) is 12.9. The number of carbonyl (C=O) groups is 1. The van der Waals surface area contributed by atoms with Gasteiger partial charge in [0.1, 0.15) is 10.7 Å². The van der Waals surface area contributed by atoms with E-state index in [1.54, 1.807) is 38.3 Å². The van der Waals surface area contributed by atoms with Gasteiger partial charge in [-0.05, 0) is 101 Å². The van der Waals surface area contributed by atoms with Crippen LogP contribution in [0.25, 0.3) is 54.2 Å². The van der Waals surface area contributed by atoms with Gasteiger partial charge in [0.15, 0.2) is 0 Å². The molecule has 0 saturated carbocycles. The molecule has 0 atom stereocenters. The molecule has 6 aromatic rings. The smallest absolute Gasteiger partial charge is 0.310 e. The largest absolute Gasteiger partial charge is 0.466 e. The maximum atomic E-state index is 12.6. The molecule has 6 rings (SSSR count). The van der Waals surface area contributed by atoms with Crippen LogP contribution >= 0.6 is 22.9 Å². The molecule has 0 aliphatic heterocycles. The SMILES string of the molecule is CC(C)(C)O.CCOC(=O)Cc1c(C)cc2nc(-c3ccnc(-c4cnc5[nH]c(C)cc5c4)c3)sc2c1-c1ccc(Cl)cc1. The fourth-order valence-corrected chi connectivity index (χ4v) is 6.14. The summed E-state index contributed by atoms with van der Waals surface area (Å²) in [4.78, 5) is 30.0. The maximum Gasteiger partial charge on any atom is 0.310 e. The van der Waals surface area contributed by atoms with Crippen LogP contribution in [0.4, 0.5) is 0 Å². The molecule has 0 unspecified atom stereocenters. The third kappa shape index (κ3) is 7.33. The topological polar surface area (TPSA) is 101 Å². The molecule has 0 saturated heterocycles. The number of pyridine rings is 2. The Bertz CT molecular complexity index is 1950. The van der Waals surface area contributed by atoms with E-state index < -0.39 is 5.60 Å². The number of fused-ring (bicyclic) bond motifs is 2. The van der Waals surface area contributed by atoms with Crippen LogP contribution in [0.15, 0.2) is 67.0 Å². The number of aromatic nitrogens is 4. The van der Waals surface area contributed by atoms with Crippen molar-refractivity contribution in [2.75, 3.05) is 6.61 Å². The molecule has 44 heavy (non-hydrogen) atoms. The minimum absolute atomic E-state index is 0.189. The molecule has 0 aliphatic carbocycles. The van der Waals surface area contributed by atoms with Crippen LogP contribution in [-0.2, 0) is 16.0 Å². The molecule has 0 amide bonds. The number of aliphatic hydroxyl groups is 1. The van der Waals surface area contributed by atoms with Gasteiger partial charge in [-0.1, -0.05) is 23.7 Å². The van der Waals surface area contributed by atoms with Crippen molar-refractivity contribution in [3.05, 3.63) is 88.8 Å². The van der Waals surface area contributed by atoms with Crippen LogP contribution in [0.1, 0.15) is 44.5 Å². The Morgan fingerprint density at radius 2 is 1.73 bits per heavy atom. The van der Waals surface area contributed by atoms with Gasteiger partial charge in [-0.3, -0.25) is 9.78 Å². The first kappa shape index (κ1) is 31.3. The number of ether oxygens (including phenoxy) is 1. The first-order valence-corrected chi connectivity index (χ1v) is 15.6. The van der Waals surface area contributed by atoms with Crippen LogP contribution in [-0.4, -0.2) is 43.2 Å². The van der Waals surface area contributed by atoms with Gasteiger partial charge in [0.05, 0.1) is 34.5 Å². The molecule has 0 aliphatic rings. The van der Waals surface area contributed by atoms with Crippen LogP contribution in [0.3, 0.4) is 0 Å². The van der Waals surface area contributed by atoms with Crippen molar-refractivity contribution in [1.29, 1.82) is 0 Å². The minimum atomic E-state index is -0.500. The molecule has 0 radical (unpaired) electrons. The van der Waals surface area contributed by atoms with Crippen molar-refractivity contribution < 1.29 is 14.6 Å². The van der Waals surface area contributed by atoms with Crippen molar-refractivity contribution >= 4 is 50.2 Å². The number of H-pyrrole nitrogens is 1. The molecule has 2 N–H and O–H groups in total. The Morgan fingerprint density at radius 3 is 2.43 bits per heavy atom. The molecule has 7 nitrogen and oxygen atoms in total. The van der Waals surface area contributed by atoms with Gasteiger partial charge in [0.2, 0.25) is 0 Å². The molecule has 4 aromatic heterocycles. The average Bonchev–Trinajstić information content (AvgIpc) is 3.55. The molecule has 0 spiro atoms. The van der Waals surface area contributed by atoms with E-state index in [2.05, 4.69) is 39.2 Å². The molecule has 2 aromatic carbocycles. The lowest BCUT2D eigenvalue weighted by Crippen LogP contribution is -2.10. The summed E-state index contributed by atoms with van der Waals surface area (Å²) >= 11 is 7.81. The van der Waals surface area contributed by atoms with Crippen molar-refractivity contribution in [3.8, 4) is 33.0 Å². The van der Waals surface area contributed by atoms with Crippen LogP contribution in [0, 0.1) is 13.8 Å². The predicted molar refractivity (Wildman–Crippen MR) is 180 cm³/mol. The van der Waals surface area contributed by atoms with E-state index in [1.807, 2.05) is 57.3 Å². The number of benzene rings is 2. The highest BCUT2D eigenvalue weighted by Gasteiger charge is 2.20. The fourth-order valence-electron chi connectivity index (χ4n) is 4.88. The van der Waals surface area contributed by atoms with Gasteiger partial charge in [0, 0.05) is 45.2 Å². The normalized spacial score (nSPS) is 11.5.